The van der Waals surface area contributed by atoms with Crippen LogP contribution in [0.4, 0.5) is 0 Å². The summed E-state index contributed by atoms with van der Waals surface area (Å²) < 4.78 is 0. The zero-order valence-electron chi connectivity index (χ0n) is 7.60. The Labute approximate surface area is 74.3 Å². The predicted molar refractivity (Wildman–Crippen MR) is 53.2 cm³/mol. The van der Waals surface area contributed by atoms with Crippen molar-refractivity contribution in [1.82, 2.24) is 5.32 Å². The van der Waals surface area contributed by atoms with Crippen molar-refractivity contribution in [2.45, 2.75) is 43.9 Å². The molecule has 66 valence electrons. The molecule has 0 aliphatic heterocycles. The average Bonchev–Trinajstić information content (AvgIpc) is 2.06. The monoisotopic (exact) mass is 173 g/mol. The Kier molecular flexibility index (Phi) is 4.31. The smallest absolute Gasteiger partial charge is 0.0198 e. The molecule has 0 heterocycles. The van der Waals surface area contributed by atoms with Crippen molar-refractivity contribution in [2.75, 3.05) is 12.8 Å². The molecule has 0 bridgehead atoms. The van der Waals surface area contributed by atoms with Gasteiger partial charge in [-0.15, -0.1) is 0 Å². The van der Waals surface area contributed by atoms with Crippen LogP contribution in [0.2, 0.25) is 0 Å². The molecule has 1 saturated carbocycles. The van der Waals surface area contributed by atoms with Crippen LogP contribution >= 0.6 is 11.8 Å². The molecule has 0 aromatic rings. The molecule has 2 atom stereocenters. The molecule has 11 heavy (non-hydrogen) atoms. The summed E-state index contributed by atoms with van der Waals surface area (Å²) in [4.78, 5) is 0. The van der Waals surface area contributed by atoms with Crippen molar-refractivity contribution < 1.29 is 0 Å². The van der Waals surface area contributed by atoms with Crippen LogP contribution in [0.3, 0.4) is 0 Å². The molecule has 0 amide bonds. The van der Waals surface area contributed by atoms with Gasteiger partial charge in [0.25, 0.3) is 0 Å². The molecule has 1 aliphatic rings. The van der Waals surface area contributed by atoms with Gasteiger partial charge in [0.15, 0.2) is 0 Å². The first-order chi connectivity index (χ1) is 5.38. The standard InChI is InChI=1S/C9H19NS/c1-3-10-8-6-4-5-7-9(8)11-2/h8-10H,3-7H2,1-2H3. The highest BCUT2D eigenvalue weighted by Gasteiger charge is 2.22. The number of hydrogen-bond donors (Lipinski definition) is 1. The normalized spacial score (nSPS) is 32.2. The molecule has 0 radical (unpaired) electrons. The van der Waals surface area contributed by atoms with Gasteiger partial charge in [-0.25, -0.2) is 0 Å². The lowest BCUT2D eigenvalue weighted by Gasteiger charge is -2.30. The fourth-order valence-corrected chi connectivity index (χ4v) is 2.84. The van der Waals surface area contributed by atoms with Gasteiger partial charge in [-0.05, 0) is 25.6 Å². The lowest BCUT2D eigenvalue weighted by atomic mass is 9.95. The zero-order chi connectivity index (χ0) is 8.10. The van der Waals surface area contributed by atoms with Crippen LogP contribution < -0.4 is 5.32 Å². The van der Waals surface area contributed by atoms with Crippen LogP contribution in [-0.4, -0.2) is 24.1 Å². The highest BCUT2D eigenvalue weighted by Crippen LogP contribution is 2.26. The lowest BCUT2D eigenvalue weighted by Crippen LogP contribution is -2.40. The Bertz CT molecular complexity index is 104. The van der Waals surface area contributed by atoms with E-state index in [0.717, 1.165) is 17.8 Å². The van der Waals surface area contributed by atoms with E-state index in [0.29, 0.717) is 0 Å². The van der Waals surface area contributed by atoms with Gasteiger partial charge in [0.1, 0.15) is 0 Å². The van der Waals surface area contributed by atoms with Crippen molar-refractivity contribution in [3.8, 4) is 0 Å². The van der Waals surface area contributed by atoms with Gasteiger partial charge >= 0.3 is 0 Å². The van der Waals surface area contributed by atoms with Crippen molar-refractivity contribution in [1.29, 1.82) is 0 Å². The molecular weight excluding hydrogens is 154 g/mol. The quantitative estimate of drug-likeness (QED) is 0.702. The third-order valence-electron chi connectivity index (χ3n) is 2.47. The minimum atomic E-state index is 0.795. The predicted octanol–water partition coefficient (Wildman–Crippen LogP) is 2.27. The fraction of sp³-hybridized carbons (Fsp3) is 1.00. The first-order valence-electron chi connectivity index (χ1n) is 4.64. The van der Waals surface area contributed by atoms with Crippen LogP contribution in [0.5, 0.6) is 0 Å². The molecule has 2 heteroatoms. The van der Waals surface area contributed by atoms with E-state index >= 15 is 0 Å². The number of hydrogen-bond acceptors (Lipinski definition) is 2. The molecule has 0 aromatic heterocycles. The summed E-state index contributed by atoms with van der Waals surface area (Å²) in [6, 6.07) is 0.795. The van der Waals surface area contributed by atoms with E-state index in [-0.39, 0.29) is 0 Å². The molecule has 1 rings (SSSR count). The maximum Gasteiger partial charge on any atom is 0.0198 e. The zero-order valence-corrected chi connectivity index (χ0v) is 8.41. The Morgan fingerprint density at radius 3 is 2.73 bits per heavy atom. The van der Waals surface area contributed by atoms with Gasteiger partial charge in [0.05, 0.1) is 0 Å². The summed E-state index contributed by atoms with van der Waals surface area (Å²) in [6.07, 6.45) is 7.90. The molecule has 0 aromatic carbocycles. The summed E-state index contributed by atoms with van der Waals surface area (Å²) in [5.41, 5.74) is 0. The van der Waals surface area contributed by atoms with Crippen molar-refractivity contribution in [3.63, 3.8) is 0 Å². The summed E-state index contributed by atoms with van der Waals surface area (Å²) in [5, 5.41) is 4.44. The van der Waals surface area contributed by atoms with Gasteiger partial charge < -0.3 is 5.32 Å². The van der Waals surface area contributed by atoms with E-state index in [1.165, 1.54) is 25.7 Å². The highest BCUT2D eigenvalue weighted by atomic mass is 32.2. The molecule has 2 unspecified atom stereocenters. The summed E-state index contributed by atoms with van der Waals surface area (Å²) in [6.45, 7) is 3.33. The largest absolute Gasteiger partial charge is 0.313 e. The Hall–Kier alpha value is 0.310. The summed E-state index contributed by atoms with van der Waals surface area (Å²) >= 11 is 2.03. The molecule has 0 saturated heterocycles. The minimum Gasteiger partial charge on any atom is -0.313 e. The minimum absolute atomic E-state index is 0.795. The number of rotatable bonds is 3. The molecular formula is C9H19NS. The second-order valence-electron chi connectivity index (χ2n) is 3.22. The fourth-order valence-electron chi connectivity index (χ4n) is 1.87. The number of nitrogens with one attached hydrogen (secondary N) is 1. The van der Waals surface area contributed by atoms with Gasteiger partial charge in [-0.1, -0.05) is 19.8 Å². The summed E-state index contributed by atoms with van der Waals surface area (Å²) in [7, 11) is 0. The van der Waals surface area contributed by atoms with Gasteiger partial charge in [-0.3, -0.25) is 0 Å². The number of thioether (sulfide) groups is 1. The molecule has 1 nitrogen and oxygen atoms in total. The highest BCUT2D eigenvalue weighted by molar-refractivity contribution is 7.99. The van der Waals surface area contributed by atoms with Crippen molar-refractivity contribution in [2.24, 2.45) is 0 Å². The Balaban J connectivity index is 2.31. The average molecular weight is 173 g/mol. The van der Waals surface area contributed by atoms with E-state index in [1.807, 2.05) is 11.8 Å². The third-order valence-corrected chi connectivity index (χ3v) is 3.64. The molecule has 1 fully saturated rings. The van der Waals surface area contributed by atoms with Crippen molar-refractivity contribution in [3.05, 3.63) is 0 Å². The van der Waals surface area contributed by atoms with E-state index in [9.17, 15) is 0 Å². The van der Waals surface area contributed by atoms with E-state index in [4.69, 9.17) is 0 Å². The van der Waals surface area contributed by atoms with E-state index in [2.05, 4.69) is 18.5 Å². The topological polar surface area (TPSA) is 12.0 Å². The van der Waals surface area contributed by atoms with Crippen molar-refractivity contribution >= 4 is 11.8 Å². The maximum absolute atomic E-state index is 3.56. The second kappa shape index (κ2) is 5.04. The van der Waals surface area contributed by atoms with Crippen LogP contribution in [-0.2, 0) is 0 Å². The Morgan fingerprint density at radius 1 is 1.36 bits per heavy atom. The lowest BCUT2D eigenvalue weighted by molar-refractivity contribution is 0.391. The van der Waals surface area contributed by atoms with Crippen LogP contribution in [0.25, 0.3) is 0 Å². The SMILES string of the molecule is CCNC1CCCCC1SC. The maximum atomic E-state index is 3.56. The van der Waals surface area contributed by atoms with Gasteiger partial charge in [0.2, 0.25) is 0 Å². The van der Waals surface area contributed by atoms with Crippen LogP contribution in [0.15, 0.2) is 0 Å². The second-order valence-corrected chi connectivity index (χ2v) is 4.30. The Morgan fingerprint density at radius 2 is 2.09 bits per heavy atom. The van der Waals surface area contributed by atoms with E-state index in [1.54, 1.807) is 0 Å². The first kappa shape index (κ1) is 9.40. The third kappa shape index (κ3) is 2.68. The van der Waals surface area contributed by atoms with E-state index < -0.39 is 0 Å². The summed E-state index contributed by atoms with van der Waals surface area (Å²) in [5.74, 6) is 0. The molecule has 1 aliphatic carbocycles. The van der Waals surface area contributed by atoms with Crippen LogP contribution in [0, 0.1) is 0 Å². The first-order valence-corrected chi connectivity index (χ1v) is 5.93. The van der Waals surface area contributed by atoms with Gasteiger partial charge in [0, 0.05) is 11.3 Å². The van der Waals surface area contributed by atoms with Crippen LogP contribution in [0.1, 0.15) is 32.6 Å². The molecule has 0 spiro atoms. The van der Waals surface area contributed by atoms with Gasteiger partial charge in [-0.2, -0.15) is 11.8 Å². The molecule has 1 N–H and O–H groups in total.